The topological polar surface area (TPSA) is 97.5 Å². The van der Waals surface area contributed by atoms with Gasteiger partial charge in [-0.1, -0.05) is 6.07 Å². The van der Waals surface area contributed by atoms with Gasteiger partial charge in [-0.25, -0.2) is 22.0 Å². The Labute approximate surface area is 118 Å². The highest BCUT2D eigenvalue weighted by molar-refractivity contribution is 7.93. The fourth-order valence-electron chi connectivity index (χ4n) is 2.64. The fraction of sp³-hybridized carbons (Fsp3) is 0.500. The second kappa shape index (κ2) is 4.44. The maximum absolute atomic E-state index is 12.4. The summed E-state index contributed by atoms with van der Waals surface area (Å²) in [7, 11) is -7.21. The molecule has 8 heteroatoms. The standard InChI is InChI=1S/C12H16N2O4S2/c13-19(15,16)12-5-1-4-11-10(12)3-2-8-14(11)20(17,18)9-6-7-9/h1,4-5,9H,2-3,6-8H2,(H2,13,15,16). The highest BCUT2D eigenvalue weighted by atomic mass is 32.2. The van der Waals surface area contributed by atoms with Crippen molar-refractivity contribution in [2.45, 2.75) is 35.8 Å². The van der Waals surface area contributed by atoms with Crippen molar-refractivity contribution in [3.63, 3.8) is 0 Å². The summed E-state index contributed by atoms with van der Waals surface area (Å²) in [5, 5.41) is 4.90. The number of rotatable bonds is 3. The lowest BCUT2D eigenvalue weighted by Gasteiger charge is -2.31. The quantitative estimate of drug-likeness (QED) is 0.882. The molecule has 20 heavy (non-hydrogen) atoms. The molecule has 6 nitrogen and oxygen atoms in total. The predicted octanol–water partition coefficient (Wildman–Crippen LogP) is 0.579. The van der Waals surface area contributed by atoms with E-state index in [2.05, 4.69) is 0 Å². The van der Waals surface area contributed by atoms with Crippen LogP contribution in [-0.2, 0) is 26.5 Å². The van der Waals surface area contributed by atoms with Gasteiger partial charge in [0.25, 0.3) is 0 Å². The van der Waals surface area contributed by atoms with Crippen LogP contribution in [0.1, 0.15) is 24.8 Å². The van der Waals surface area contributed by atoms with Gasteiger partial charge in [-0.05, 0) is 43.4 Å². The van der Waals surface area contributed by atoms with Crippen LogP contribution in [0.5, 0.6) is 0 Å². The van der Waals surface area contributed by atoms with E-state index in [0.717, 1.165) is 0 Å². The molecular formula is C12H16N2O4S2. The molecule has 0 spiro atoms. The number of anilines is 1. The Morgan fingerprint density at radius 1 is 1.15 bits per heavy atom. The smallest absolute Gasteiger partial charge is 0.238 e. The average Bonchev–Trinajstić information content (AvgIpc) is 3.20. The molecule has 1 aromatic carbocycles. The second-order valence-electron chi connectivity index (χ2n) is 5.22. The van der Waals surface area contributed by atoms with Gasteiger partial charge >= 0.3 is 0 Å². The van der Waals surface area contributed by atoms with Crippen LogP contribution in [-0.4, -0.2) is 28.6 Å². The molecule has 1 fully saturated rings. The van der Waals surface area contributed by atoms with E-state index < -0.39 is 20.0 Å². The number of sulfonamides is 2. The van der Waals surface area contributed by atoms with E-state index in [1.54, 1.807) is 12.1 Å². The summed E-state index contributed by atoms with van der Waals surface area (Å²) in [5.41, 5.74) is 0.986. The fourth-order valence-corrected chi connectivity index (χ4v) is 5.37. The zero-order chi connectivity index (χ0) is 14.5. The lowest BCUT2D eigenvalue weighted by atomic mass is 10.0. The molecule has 1 aromatic rings. The third-order valence-corrected chi connectivity index (χ3v) is 7.03. The van der Waals surface area contributed by atoms with E-state index in [1.807, 2.05) is 0 Å². The van der Waals surface area contributed by atoms with E-state index in [1.165, 1.54) is 10.4 Å². The molecule has 3 rings (SSSR count). The van der Waals surface area contributed by atoms with Gasteiger partial charge in [0.05, 0.1) is 15.8 Å². The Bertz CT molecular complexity index is 752. The van der Waals surface area contributed by atoms with E-state index in [0.29, 0.717) is 43.5 Å². The molecule has 1 saturated carbocycles. The zero-order valence-electron chi connectivity index (χ0n) is 10.8. The van der Waals surface area contributed by atoms with Crippen molar-refractivity contribution in [1.82, 2.24) is 0 Å². The first-order valence-corrected chi connectivity index (χ1v) is 9.53. The molecule has 110 valence electrons. The molecule has 1 heterocycles. The molecular weight excluding hydrogens is 300 g/mol. The molecule has 0 saturated heterocycles. The van der Waals surface area contributed by atoms with Crippen molar-refractivity contribution in [2.24, 2.45) is 5.14 Å². The van der Waals surface area contributed by atoms with Crippen molar-refractivity contribution >= 4 is 25.7 Å². The average molecular weight is 316 g/mol. The highest BCUT2D eigenvalue weighted by Crippen LogP contribution is 2.38. The monoisotopic (exact) mass is 316 g/mol. The zero-order valence-corrected chi connectivity index (χ0v) is 12.5. The second-order valence-corrected chi connectivity index (χ2v) is 8.89. The van der Waals surface area contributed by atoms with Crippen LogP contribution in [0.25, 0.3) is 0 Å². The van der Waals surface area contributed by atoms with Crippen LogP contribution < -0.4 is 9.44 Å². The van der Waals surface area contributed by atoms with Gasteiger partial charge < -0.3 is 0 Å². The van der Waals surface area contributed by atoms with Crippen LogP contribution in [0.4, 0.5) is 5.69 Å². The molecule has 0 unspecified atom stereocenters. The van der Waals surface area contributed by atoms with Crippen molar-refractivity contribution in [3.05, 3.63) is 23.8 Å². The van der Waals surface area contributed by atoms with Gasteiger partial charge in [0.15, 0.2) is 0 Å². The van der Waals surface area contributed by atoms with Crippen molar-refractivity contribution in [3.8, 4) is 0 Å². The molecule has 0 radical (unpaired) electrons. The summed E-state index contributed by atoms with van der Waals surface area (Å²) in [6, 6.07) is 4.63. The van der Waals surface area contributed by atoms with Crippen molar-refractivity contribution in [2.75, 3.05) is 10.8 Å². The Kier molecular flexibility index (Phi) is 3.07. The SMILES string of the molecule is NS(=O)(=O)c1cccc2c1CCCN2S(=O)(=O)C1CC1. The minimum atomic E-state index is -3.84. The summed E-state index contributed by atoms with van der Waals surface area (Å²) >= 11 is 0. The van der Waals surface area contributed by atoms with E-state index in [-0.39, 0.29) is 10.1 Å². The summed E-state index contributed by atoms with van der Waals surface area (Å²) in [5.74, 6) is 0. The van der Waals surface area contributed by atoms with Crippen LogP contribution >= 0.6 is 0 Å². The van der Waals surface area contributed by atoms with E-state index in [4.69, 9.17) is 5.14 Å². The number of hydrogen-bond donors (Lipinski definition) is 1. The van der Waals surface area contributed by atoms with Gasteiger partial charge in [-0.15, -0.1) is 0 Å². The van der Waals surface area contributed by atoms with E-state index >= 15 is 0 Å². The lowest BCUT2D eigenvalue weighted by molar-refractivity contribution is 0.582. The normalized spacial score (nSPS) is 19.8. The summed E-state index contributed by atoms with van der Waals surface area (Å²) in [6.07, 6.45) is 2.50. The molecule has 0 amide bonds. The molecule has 1 aliphatic carbocycles. The van der Waals surface area contributed by atoms with Gasteiger partial charge in [0.1, 0.15) is 0 Å². The Hall–Kier alpha value is -1.12. The number of nitrogens with zero attached hydrogens (tertiary/aromatic N) is 1. The molecule has 2 N–H and O–H groups in total. The third kappa shape index (κ3) is 2.21. The number of benzene rings is 1. The highest BCUT2D eigenvalue weighted by Gasteiger charge is 2.42. The summed E-state index contributed by atoms with van der Waals surface area (Å²) in [6.45, 7) is 0.403. The number of nitrogens with two attached hydrogens (primary N) is 1. The summed E-state index contributed by atoms with van der Waals surface area (Å²) < 4.78 is 49.4. The predicted molar refractivity (Wildman–Crippen MR) is 75.4 cm³/mol. The van der Waals surface area contributed by atoms with Gasteiger partial charge in [0, 0.05) is 6.54 Å². The first kappa shape index (κ1) is 13.8. The first-order valence-electron chi connectivity index (χ1n) is 6.48. The molecule has 0 bridgehead atoms. The number of fused-ring (bicyclic) bond motifs is 1. The van der Waals surface area contributed by atoms with E-state index in [9.17, 15) is 16.8 Å². The number of primary sulfonamides is 1. The maximum Gasteiger partial charge on any atom is 0.238 e. The Morgan fingerprint density at radius 2 is 1.85 bits per heavy atom. The van der Waals surface area contributed by atoms with Crippen LogP contribution in [0.15, 0.2) is 23.1 Å². The molecule has 2 aliphatic rings. The Morgan fingerprint density at radius 3 is 2.45 bits per heavy atom. The number of hydrogen-bond acceptors (Lipinski definition) is 4. The van der Waals surface area contributed by atoms with Crippen LogP contribution in [0, 0.1) is 0 Å². The molecule has 0 aromatic heterocycles. The maximum atomic E-state index is 12.4. The van der Waals surface area contributed by atoms with Crippen LogP contribution in [0.3, 0.4) is 0 Å². The van der Waals surface area contributed by atoms with Gasteiger partial charge in [-0.2, -0.15) is 0 Å². The van der Waals surface area contributed by atoms with Crippen LogP contribution in [0.2, 0.25) is 0 Å². The van der Waals surface area contributed by atoms with Gasteiger partial charge in [-0.3, -0.25) is 4.31 Å². The van der Waals surface area contributed by atoms with Gasteiger partial charge in [0.2, 0.25) is 20.0 Å². The minimum absolute atomic E-state index is 0.0331. The lowest BCUT2D eigenvalue weighted by Crippen LogP contribution is -2.38. The molecule has 0 atom stereocenters. The Balaban J connectivity index is 2.15. The van der Waals surface area contributed by atoms with Crippen molar-refractivity contribution < 1.29 is 16.8 Å². The first-order chi connectivity index (χ1) is 9.32. The molecule has 1 aliphatic heterocycles. The van der Waals surface area contributed by atoms with Crippen molar-refractivity contribution in [1.29, 1.82) is 0 Å². The third-order valence-electron chi connectivity index (χ3n) is 3.72. The summed E-state index contributed by atoms with van der Waals surface area (Å²) in [4.78, 5) is 0.0331. The largest absolute Gasteiger partial charge is 0.270 e. The minimum Gasteiger partial charge on any atom is -0.270 e.